The van der Waals surface area contributed by atoms with Gasteiger partial charge in [0.1, 0.15) is 16.7 Å². The molecule has 3 amide bonds. The number of amides is 3. The summed E-state index contributed by atoms with van der Waals surface area (Å²) in [5.74, 6) is 0.0603. The van der Waals surface area contributed by atoms with Crippen molar-refractivity contribution in [3.63, 3.8) is 0 Å². The molecule has 254 valence electrons. The maximum absolute atomic E-state index is 13.7. The van der Waals surface area contributed by atoms with Crippen LogP contribution in [0.4, 0.5) is 11.4 Å². The van der Waals surface area contributed by atoms with E-state index in [1.54, 1.807) is 54.6 Å². The van der Waals surface area contributed by atoms with E-state index in [2.05, 4.69) is 31.9 Å². The molecule has 0 aromatic heterocycles. The minimum Gasteiger partial charge on any atom is -0.496 e. The van der Waals surface area contributed by atoms with Gasteiger partial charge in [0.25, 0.3) is 11.8 Å². The molecule has 11 heteroatoms. The van der Waals surface area contributed by atoms with Crippen molar-refractivity contribution in [3.05, 3.63) is 148 Å². The first kappa shape index (κ1) is 35.8. The van der Waals surface area contributed by atoms with Crippen molar-refractivity contribution in [2.45, 2.75) is 10.1 Å². The first-order chi connectivity index (χ1) is 24.3. The van der Waals surface area contributed by atoms with Crippen molar-refractivity contribution < 1.29 is 28.6 Å². The molecule has 50 heavy (non-hydrogen) atoms. The second-order valence-corrected chi connectivity index (χ2v) is 12.8. The van der Waals surface area contributed by atoms with Crippen LogP contribution in [0, 0.1) is 0 Å². The quantitative estimate of drug-likeness (QED) is 0.0819. The Kier molecular flexibility index (Phi) is 12.3. The average molecular weight is 753 g/mol. The number of halogens is 1. The first-order valence-electron chi connectivity index (χ1n) is 15.4. The maximum Gasteiger partial charge on any atom is 0.272 e. The molecule has 0 radical (unpaired) electrons. The molecule has 0 bridgehead atoms. The third-order valence-corrected chi connectivity index (χ3v) is 9.18. The topological polar surface area (TPSA) is 115 Å². The lowest BCUT2D eigenvalue weighted by Crippen LogP contribution is -2.30. The molecular formula is C39H34BrN3O6S. The summed E-state index contributed by atoms with van der Waals surface area (Å²) in [6.45, 7) is 0. The van der Waals surface area contributed by atoms with Crippen LogP contribution in [0.25, 0.3) is 6.08 Å². The molecule has 0 aliphatic rings. The summed E-state index contributed by atoms with van der Waals surface area (Å²) in [6.07, 6.45) is 1.51. The molecule has 5 rings (SSSR count). The Bertz CT molecular complexity index is 1970. The van der Waals surface area contributed by atoms with Gasteiger partial charge in [-0.1, -0.05) is 64.5 Å². The second-order valence-electron chi connectivity index (χ2n) is 10.7. The molecule has 1 atom stereocenters. The SMILES string of the molecule is COc1cc(OC)c(OC)cc1/C=C(\NC(=O)c1ccccc1)C(=O)Nc1ccc(SC(C(=O)Nc2ccc(Br)cc2)c2ccccc2)cc1. The fourth-order valence-electron chi connectivity index (χ4n) is 4.86. The molecule has 0 saturated carbocycles. The summed E-state index contributed by atoms with van der Waals surface area (Å²) >= 11 is 4.81. The normalized spacial score (nSPS) is 11.6. The largest absolute Gasteiger partial charge is 0.496 e. The molecule has 0 aliphatic carbocycles. The number of hydrogen-bond acceptors (Lipinski definition) is 7. The van der Waals surface area contributed by atoms with Crippen LogP contribution in [-0.4, -0.2) is 39.1 Å². The van der Waals surface area contributed by atoms with Crippen LogP contribution in [-0.2, 0) is 9.59 Å². The fraction of sp³-hybridized carbons (Fsp3) is 0.103. The van der Waals surface area contributed by atoms with Crippen LogP contribution in [0.15, 0.2) is 136 Å². The zero-order chi connectivity index (χ0) is 35.5. The molecule has 0 spiro atoms. The number of anilines is 2. The molecule has 0 fully saturated rings. The lowest BCUT2D eigenvalue weighted by Gasteiger charge is -2.18. The fourth-order valence-corrected chi connectivity index (χ4v) is 6.15. The van der Waals surface area contributed by atoms with E-state index in [0.717, 1.165) is 14.9 Å². The van der Waals surface area contributed by atoms with Crippen molar-refractivity contribution in [1.82, 2.24) is 5.32 Å². The van der Waals surface area contributed by atoms with Crippen LogP contribution in [0.5, 0.6) is 17.2 Å². The van der Waals surface area contributed by atoms with Crippen LogP contribution < -0.4 is 30.2 Å². The molecule has 5 aromatic carbocycles. The van der Waals surface area contributed by atoms with Gasteiger partial charge in [0, 0.05) is 37.9 Å². The van der Waals surface area contributed by atoms with Crippen molar-refractivity contribution in [1.29, 1.82) is 0 Å². The van der Waals surface area contributed by atoms with E-state index < -0.39 is 17.1 Å². The number of ether oxygens (including phenoxy) is 3. The van der Waals surface area contributed by atoms with Crippen LogP contribution >= 0.6 is 27.7 Å². The smallest absolute Gasteiger partial charge is 0.272 e. The number of carbonyl (C=O) groups excluding carboxylic acids is 3. The Hall–Kier alpha value is -5.52. The first-order valence-corrected chi connectivity index (χ1v) is 17.0. The minimum atomic E-state index is -0.567. The van der Waals surface area contributed by atoms with E-state index in [0.29, 0.717) is 39.8 Å². The zero-order valence-corrected chi connectivity index (χ0v) is 29.8. The molecule has 5 aromatic rings. The van der Waals surface area contributed by atoms with Crippen LogP contribution in [0.2, 0.25) is 0 Å². The summed E-state index contributed by atoms with van der Waals surface area (Å²) in [5.41, 5.74) is 2.84. The highest BCUT2D eigenvalue weighted by atomic mass is 79.9. The minimum absolute atomic E-state index is 0.0309. The number of hydrogen-bond donors (Lipinski definition) is 3. The van der Waals surface area contributed by atoms with Gasteiger partial charge in [0.2, 0.25) is 5.91 Å². The molecule has 9 nitrogen and oxygen atoms in total. The standard InChI is InChI=1S/C39H34BrN3O6S/c1-47-33-24-35(49-3)34(48-2)23-27(33)22-32(43-37(44)26-12-8-5-9-13-26)38(45)41-30-18-20-31(21-19-30)50-36(25-10-6-4-7-11-25)39(46)42-29-16-14-28(40)15-17-29/h4-24,36H,1-3H3,(H,41,45)(H,42,46)(H,43,44)/b32-22-. The Morgan fingerprint density at radius 2 is 1.24 bits per heavy atom. The van der Waals surface area contributed by atoms with Crippen LogP contribution in [0.3, 0.4) is 0 Å². The summed E-state index contributed by atoms with van der Waals surface area (Å²) in [4.78, 5) is 41.2. The Morgan fingerprint density at radius 1 is 0.680 bits per heavy atom. The Labute approximate surface area is 303 Å². The number of methoxy groups -OCH3 is 3. The average Bonchev–Trinajstić information content (AvgIpc) is 3.15. The number of rotatable bonds is 13. The highest BCUT2D eigenvalue weighted by Crippen LogP contribution is 2.38. The third-order valence-electron chi connectivity index (χ3n) is 7.38. The monoisotopic (exact) mass is 751 g/mol. The van der Waals surface area contributed by atoms with E-state index >= 15 is 0 Å². The van der Waals surface area contributed by atoms with Gasteiger partial charge in [-0.05, 0) is 78.4 Å². The number of carbonyl (C=O) groups is 3. The number of thioether (sulfide) groups is 1. The van der Waals surface area contributed by atoms with Gasteiger partial charge in [-0.15, -0.1) is 11.8 Å². The number of nitrogens with one attached hydrogen (secondary N) is 3. The zero-order valence-electron chi connectivity index (χ0n) is 27.4. The molecule has 1 unspecified atom stereocenters. The Balaban J connectivity index is 1.38. The van der Waals surface area contributed by atoms with Crippen molar-refractivity contribution in [2.24, 2.45) is 0 Å². The molecule has 0 saturated heterocycles. The summed E-state index contributed by atoms with van der Waals surface area (Å²) in [7, 11) is 4.50. The highest BCUT2D eigenvalue weighted by Gasteiger charge is 2.23. The predicted molar refractivity (Wildman–Crippen MR) is 201 cm³/mol. The highest BCUT2D eigenvalue weighted by molar-refractivity contribution is 9.10. The molecule has 0 aliphatic heterocycles. The predicted octanol–water partition coefficient (Wildman–Crippen LogP) is 8.36. The van der Waals surface area contributed by atoms with Gasteiger partial charge in [-0.3, -0.25) is 14.4 Å². The molecule has 3 N–H and O–H groups in total. The summed E-state index contributed by atoms with van der Waals surface area (Å²) in [5, 5.41) is 8.07. The molecule has 0 heterocycles. The molecular weight excluding hydrogens is 718 g/mol. The van der Waals surface area contributed by atoms with Gasteiger partial charge in [-0.2, -0.15) is 0 Å². The Morgan fingerprint density at radius 3 is 1.86 bits per heavy atom. The lowest BCUT2D eigenvalue weighted by molar-refractivity contribution is -0.116. The van der Waals surface area contributed by atoms with Gasteiger partial charge in [-0.25, -0.2) is 0 Å². The van der Waals surface area contributed by atoms with E-state index in [1.807, 2.05) is 66.7 Å². The summed E-state index contributed by atoms with van der Waals surface area (Å²) in [6, 6.07) is 35.9. The number of benzene rings is 5. The summed E-state index contributed by atoms with van der Waals surface area (Å²) < 4.78 is 17.3. The second kappa shape index (κ2) is 17.2. The van der Waals surface area contributed by atoms with Gasteiger partial charge < -0.3 is 30.2 Å². The van der Waals surface area contributed by atoms with Crippen molar-refractivity contribution in [3.8, 4) is 17.2 Å². The van der Waals surface area contributed by atoms with E-state index in [-0.39, 0.29) is 11.6 Å². The van der Waals surface area contributed by atoms with Crippen LogP contribution in [0.1, 0.15) is 26.7 Å². The van der Waals surface area contributed by atoms with Crippen molar-refractivity contribution in [2.75, 3.05) is 32.0 Å². The van der Waals surface area contributed by atoms with Gasteiger partial charge in [0.15, 0.2) is 11.5 Å². The lowest BCUT2D eigenvalue weighted by atomic mass is 10.1. The van der Waals surface area contributed by atoms with Gasteiger partial charge in [0.05, 0.1) is 21.3 Å². The maximum atomic E-state index is 13.7. The van der Waals surface area contributed by atoms with E-state index in [4.69, 9.17) is 14.2 Å². The van der Waals surface area contributed by atoms with Crippen molar-refractivity contribution >= 4 is 62.9 Å². The van der Waals surface area contributed by atoms with E-state index in [9.17, 15) is 14.4 Å². The van der Waals surface area contributed by atoms with Gasteiger partial charge >= 0.3 is 0 Å². The third kappa shape index (κ3) is 9.34. The van der Waals surface area contributed by atoms with E-state index in [1.165, 1.54) is 39.2 Å².